The number of hydrogen-bond donors (Lipinski definition) is 1. The van der Waals surface area contributed by atoms with E-state index in [2.05, 4.69) is 22.2 Å². The third-order valence-electron chi connectivity index (χ3n) is 5.85. The first kappa shape index (κ1) is 19.5. The van der Waals surface area contributed by atoms with Crippen molar-refractivity contribution in [2.45, 2.75) is 19.4 Å². The molecule has 1 N–H and O–H groups in total. The summed E-state index contributed by atoms with van der Waals surface area (Å²) in [6.07, 6.45) is 0.971. The third kappa shape index (κ3) is 3.94. The highest BCUT2D eigenvalue weighted by molar-refractivity contribution is 5.94. The molecule has 1 saturated heterocycles. The molecule has 0 bridgehead atoms. The SMILES string of the molecule is CCN1CCC(NC(=O)c2cc3nc(-c4ccccc4)cc(-c4ccccc4)n3n2)C1. The zero-order valence-corrected chi connectivity index (χ0v) is 17.5. The number of rotatable bonds is 5. The summed E-state index contributed by atoms with van der Waals surface area (Å²) in [6.45, 7) is 5.06. The molecule has 0 saturated carbocycles. The first-order valence-electron chi connectivity index (χ1n) is 10.8. The van der Waals surface area contributed by atoms with Gasteiger partial charge in [0.25, 0.3) is 5.91 Å². The summed E-state index contributed by atoms with van der Waals surface area (Å²) in [5.74, 6) is -0.145. The maximum Gasteiger partial charge on any atom is 0.272 e. The van der Waals surface area contributed by atoms with Crippen molar-refractivity contribution in [2.75, 3.05) is 19.6 Å². The van der Waals surface area contributed by atoms with Crippen LogP contribution in [0.2, 0.25) is 0 Å². The quantitative estimate of drug-likeness (QED) is 0.541. The Hall–Kier alpha value is -3.51. The molecule has 1 atom stereocenters. The van der Waals surface area contributed by atoms with Gasteiger partial charge in [-0.1, -0.05) is 67.6 Å². The Bertz CT molecular complexity index is 1200. The Kier molecular flexibility index (Phi) is 5.22. The van der Waals surface area contributed by atoms with Crippen LogP contribution in [0.1, 0.15) is 23.8 Å². The second-order valence-electron chi connectivity index (χ2n) is 7.91. The summed E-state index contributed by atoms with van der Waals surface area (Å²) in [5, 5.41) is 7.78. The molecule has 1 unspecified atom stereocenters. The standard InChI is InChI=1S/C25H25N5O/c1-2-29-14-13-20(17-29)26-25(31)22-16-24-27-21(18-9-5-3-6-10-18)15-23(30(24)28-22)19-11-7-4-8-12-19/h3-12,15-16,20H,2,13-14,17H2,1H3,(H,26,31). The van der Waals surface area contributed by atoms with Crippen LogP contribution in [0.3, 0.4) is 0 Å². The van der Waals surface area contributed by atoms with Crippen LogP contribution in [0, 0.1) is 0 Å². The molecule has 1 amide bonds. The summed E-state index contributed by atoms with van der Waals surface area (Å²) < 4.78 is 1.77. The van der Waals surface area contributed by atoms with Gasteiger partial charge in [-0.25, -0.2) is 9.50 Å². The fourth-order valence-electron chi connectivity index (χ4n) is 4.15. The number of aromatic nitrogens is 3. The van der Waals surface area contributed by atoms with E-state index in [-0.39, 0.29) is 11.9 Å². The number of hydrogen-bond acceptors (Lipinski definition) is 4. The van der Waals surface area contributed by atoms with Gasteiger partial charge in [-0.2, -0.15) is 5.10 Å². The Morgan fingerprint density at radius 1 is 1.03 bits per heavy atom. The monoisotopic (exact) mass is 411 g/mol. The van der Waals surface area contributed by atoms with E-state index < -0.39 is 0 Å². The summed E-state index contributed by atoms with van der Waals surface area (Å²) in [6, 6.07) is 24.1. The maximum absolute atomic E-state index is 12.9. The van der Waals surface area contributed by atoms with Crippen molar-refractivity contribution in [3.63, 3.8) is 0 Å². The van der Waals surface area contributed by atoms with Gasteiger partial charge in [0.1, 0.15) is 0 Å². The largest absolute Gasteiger partial charge is 0.347 e. The summed E-state index contributed by atoms with van der Waals surface area (Å²) in [4.78, 5) is 20.1. The van der Waals surface area contributed by atoms with Gasteiger partial charge >= 0.3 is 0 Å². The minimum absolute atomic E-state index is 0.145. The van der Waals surface area contributed by atoms with E-state index in [1.54, 1.807) is 10.6 Å². The first-order valence-corrected chi connectivity index (χ1v) is 10.8. The Balaban J connectivity index is 1.54. The fraction of sp³-hybridized carbons (Fsp3) is 0.240. The number of nitrogens with one attached hydrogen (secondary N) is 1. The number of likely N-dealkylation sites (tertiary alicyclic amines) is 1. The first-order chi connectivity index (χ1) is 15.2. The molecule has 0 aliphatic carbocycles. The average molecular weight is 412 g/mol. The molecule has 0 spiro atoms. The van der Waals surface area contributed by atoms with Gasteiger partial charge in [0.2, 0.25) is 0 Å². The van der Waals surface area contributed by atoms with Gasteiger partial charge in [-0.05, 0) is 19.0 Å². The highest BCUT2D eigenvalue weighted by atomic mass is 16.2. The Morgan fingerprint density at radius 3 is 2.42 bits per heavy atom. The lowest BCUT2D eigenvalue weighted by atomic mass is 10.1. The minimum atomic E-state index is -0.145. The van der Waals surface area contributed by atoms with Crippen molar-refractivity contribution < 1.29 is 4.79 Å². The van der Waals surface area contributed by atoms with E-state index in [0.717, 1.165) is 48.6 Å². The fourth-order valence-corrected chi connectivity index (χ4v) is 4.15. The second kappa shape index (κ2) is 8.32. The molecular formula is C25H25N5O. The molecule has 1 aliphatic rings. The number of amides is 1. The van der Waals surface area contributed by atoms with Crippen LogP contribution < -0.4 is 5.32 Å². The van der Waals surface area contributed by atoms with Gasteiger partial charge in [-0.3, -0.25) is 4.79 Å². The third-order valence-corrected chi connectivity index (χ3v) is 5.85. The zero-order valence-electron chi connectivity index (χ0n) is 17.5. The van der Waals surface area contributed by atoms with Crippen molar-refractivity contribution in [3.8, 4) is 22.5 Å². The van der Waals surface area contributed by atoms with E-state index >= 15 is 0 Å². The Labute approximate surface area is 181 Å². The van der Waals surface area contributed by atoms with Gasteiger partial charge in [0.15, 0.2) is 11.3 Å². The van der Waals surface area contributed by atoms with Gasteiger partial charge in [0.05, 0.1) is 11.4 Å². The highest BCUT2D eigenvalue weighted by Crippen LogP contribution is 2.26. The smallest absolute Gasteiger partial charge is 0.272 e. The predicted octanol–water partition coefficient (Wildman–Crippen LogP) is 3.89. The Morgan fingerprint density at radius 2 is 1.74 bits per heavy atom. The van der Waals surface area contributed by atoms with Gasteiger partial charge in [0, 0.05) is 36.3 Å². The molecule has 5 rings (SSSR count). The van der Waals surface area contributed by atoms with E-state index in [0.29, 0.717) is 11.3 Å². The van der Waals surface area contributed by atoms with Crippen molar-refractivity contribution in [1.29, 1.82) is 0 Å². The molecule has 31 heavy (non-hydrogen) atoms. The number of carbonyl (C=O) groups excluding carboxylic acids is 1. The molecular weight excluding hydrogens is 386 g/mol. The van der Waals surface area contributed by atoms with Crippen molar-refractivity contribution in [1.82, 2.24) is 24.8 Å². The summed E-state index contributed by atoms with van der Waals surface area (Å²) in [7, 11) is 0. The van der Waals surface area contributed by atoms with Gasteiger partial charge < -0.3 is 10.2 Å². The molecule has 6 heteroatoms. The van der Waals surface area contributed by atoms with Crippen LogP contribution in [0.4, 0.5) is 0 Å². The number of carbonyl (C=O) groups is 1. The van der Waals surface area contributed by atoms with Crippen LogP contribution >= 0.6 is 0 Å². The van der Waals surface area contributed by atoms with Gasteiger partial charge in [-0.15, -0.1) is 0 Å². The molecule has 156 valence electrons. The molecule has 2 aromatic heterocycles. The molecule has 0 radical (unpaired) electrons. The van der Waals surface area contributed by atoms with E-state index in [4.69, 9.17) is 4.98 Å². The molecule has 1 fully saturated rings. The average Bonchev–Trinajstić information content (AvgIpc) is 3.46. The van der Waals surface area contributed by atoms with Crippen LogP contribution in [0.25, 0.3) is 28.2 Å². The zero-order chi connectivity index (χ0) is 21.2. The number of benzene rings is 2. The van der Waals surface area contributed by atoms with E-state index in [1.807, 2.05) is 66.7 Å². The summed E-state index contributed by atoms with van der Waals surface area (Å²) in [5.41, 5.74) is 4.86. The summed E-state index contributed by atoms with van der Waals surface area (Å²) >= 11 is 0. The second-order valence-corrected chi connectivity index (χ2v) is 7.91. The molecule has 4 aromatic rings. The number of nitrogens with zero attached hydrogens (tertiary/aromatic N) is 4. The van der Waals surface area contributed by atoms with Crippen molar-refractivity contribution in [2.24, 2.45) is 0 Å². The predicted molar refractivity (Wildman–Crippen MR) is 122 cm³/mol. The van der Waals surface area contributed by atoms with Crippen LogP contribution in [0.5, 0.6) is 0 Å². The lowest BCUT2D eigenvalue weighted by Crippen LogP contribution is -2.37. The molecule has 2 aromatic carbocycles. The van der Waals surface area contributed by atoms with E-state index in [1.165, 1.54) is 0 Å². The van der Waals surface area contributed by atoms with Crippen LogP contribution in [-0.4, -0.2) is 51.1 Å². The topological polar surface area (TPSA) is 62.5 Å². The normalized spacial score (nSPS) is 16.6. The van der Waals surface area contributed by atoms with Crippen molar-refractivity contribution >= 4 is 11.6 Å². The lowest BCUT2D eigenvalue weighted by Gasteiger charge is -2.13. The lowest BCUT2D eigenvalue weighted by molar-refractivity contribution is 0.0932. The maximum atomic E-state index is 12.9. The van der Waals surface area contributed by atoms with Crippen LogP contribution in [-0.2, 0) is 0 Å². The molecule has 1 aliphatic heterocycles. The number of fused-ring (bicyclic) bond motifs is 1. The number of likely N-dealkylation sites (N-methyl/N-ethyl adjacent to an activating group) is 1. The van der Waals surface area contributed by atoms with Crippen molar-refractivity contribution in [3.05, 3.63) is 78.5 Å². The minimum Gasteiger partial charge on any atom is -0.347 e. The molecule has 3 heterocycles. The highest BCUT2D eigenvalue weighted by Gasteiger charge is 2.24. The van der Waals surface area contributed by atoms with Crippen LogP contribution in [0.15, 0.2) is 72.8 Å². The van der Waals surface area contributed by atoms with E-state index in [9.17, 15) is 4.79 Å². The molecule has 6 nitrogen and oxygen atoms in total.